The van der Waals surface area contributed by atoms with Crippen molar-refractivity contribution in [2.75, 3.05) is 5.73 Å². The zero-order chi connectivity index (χ0) is 11.1. The van der Waals surface area contributed by atoms with E-state index < -0.39 is 0 Å². The molecule has 0 aliphatic heterocycles. The van der Waals surface area contributed by atoms with Crippen molar-refractivity contribution in [2.45, 2.75) is 26.4 Å². The van der Waals surface area contributed by atoms with E-state index in [1.807, 2.05) is 20.8 Å². The first kappa shape index (κ1) is 9.70. The largest absolute Gasteiger partial charge is 0.459 e. The molecule has 3 N–H and O–H groups in total. The van der Waals surface area contributed by atoms with Crippen LogP contribution in [0.2, 0.25) is 0 Å². The van der Waals surface area contributed by atoms with Crippen molar-refractivity contribution in [1.29, 1.82) is 0 Å². The highest BCUT2D eigenvalue weighted by atomic mass is 16.5. The smallest absolute Gasteiger partial charge is 0.296 e. The fraction of sp³-hybridized carbons (Fsp3) is 0.444. The molecule has 2 aromatic rings. The van der Waals surface area contributed by atoms with Gasteiger partial charge in [0, 0.05) is 0 Å². The second-order valence-electron chi connectivity index (χ2n) is 4.21. The molecule has 2 rings (SSSR count). The number of fused-ring (bicyclic) bond motifs is 1. The van der Waals surface area contributed by atoms with Gasteiger partial charge in [-0.1, -0.05) is 0 Å². The minimum absolute atomic E-state index is 0.309. The molecule has 80 valence electrons. The van der Waals surface area contributed by atoms with Gasteiger partial charge in [0.25, 0.3) is 6.01 Å². The van der Waals surface area contributed by atoms with Gasteiger partial charge in [-0.2, -0.15) is 4.98 Å². The number of nitrogens with zero attached hydrogens (tertiary/aromatic N) is 3. The number of nitrogens with two attached hydrogens (primary N) is 1. The molecule has 0 amide bonds. The fourth-order valence-electron chi connectivity index (χ4n) is 1.16. The standard InChI is InChI=1S/C9H13N5O/c1-9(2,3)15-8-13-5-6(10)11-4-12-7(5)14-8/h4H,1-3H3,(H3,10,11,12,13,14). The van der Waals surface area contributed by atoms with Gasteiger partial charge < -0.3 is 15.5 Å². The normalized spacial score (nSPS) is 11.9. The van der Waals surface area contributed by atoms with E-state index in [9.17, 15) is 0 Å². The summed E-state index contributed by atoms with van der Waals surface area (Å²) >= 11 is 0. The number of anilines is 1. The van der Waals surface area contributed by atoms with Gasteiger partial charge in [0.1, 0.15) is 17.4 Å². The van der Waals surface area contributed by atoms with E-state index in [0.29, 0.717) is 23.0 Å². The maximum Gasteiger partial charge on any atom is 0.296 e. The first-order valence-electron chi connectivity index (χ1n) is 4.61. The lowest BCUT2D eigenvalue weighted by molar-refractivity contribution is 0.119. The summed E-state index contributed by atoms with van der Waals surface area (Å²) in [4.78, 5) is 14.9. The molecule has 6 nitrogen and oxygen atoms in total. The monoisotopic (exact) mass is 207 g/mol. The average molecular weight is 207 g/mol. The Morgan fingerprint density at radius 1 is 1.33 bits per heavy atom. The molecule has 0 aliphatic carbocycles. The number of aromatic amines is 1. The first-order valence-corrected chi connectivity index (χ1v) is 4.61. The van der Waals surface area contributed by atoms with E-state index in [0.717, 1.165) is 0 Å². The predicted octanol–water partition coefficient (Wildman–Crippen LogP) is 1.11. The molecule has 0 saturated carbocycles. The van der Waals surface area contributed by atoms with Crippen molar-refractivity contribution >= 4 is 17.0 Å². The van der Waals surface area contributed by atoms with Gasteiger partial charge in [-0.15, -0.1) is 0 Å². The summed E-state index contributed by atoms with van der Waals surface area (Å²) in [5.41, 5.74) is 6.47. The fourth-order valence-corrected chi connectivity index (χ4v) is 1.16. The quantitative estimate of drug-likeness (QED) is 0.731. The Bertz CT molecular complexity index is 485. The Morgan fingerprint density at radius 3 is 2.67 bits per heavy atom. The van der Waals surface area contributed by atoms with Crippen molar-refractivity contribution in [2.24, 2.45) is 0 Å². The van der Waals surface area contributed by atoms with Crippen LogP contribution in [0.15, 0.2) is 6.33 Å². The highest BCUT2D eigenvalue weighted by Gasteiger charge is 2.15. The molecule has 6 heteroatoms. The molecule has 0 unspecified atom stereocenters. The molecule has 15 heavy (non-hydrogen) atoms. The molecule has 0 bridgehead atoms. The molecule has 0 radical (unpaired) electrons. The number of ether oxygens (including phenoxy) is 1. The summed E-state index contributed by atoms with van der Waals surface area (Å²) in [6.45, 7) is 5.82. The summed E-state index contributed by atoms with van der Waals surface area (Å²) < 4.78 is 5.55. The second kappa shape index (κ2) is 3.08. The van der Waals surface area contributed by atoms with E-state index in [2.05, 4.69) is 19.9 Å². The average Bonchev–Trinajstić information content (AvgIpc) is 2.45. The van der Waals surface area contributed by atoms with Crippen LogP contribution in [-0.4, -0.2) is 25.5 Å². The number of H-pyrrole nitrogens is 1. The van der Waals surface area contributed by atoms with Crippen molar-refractivity contribution < 1.29 is 4.74 Å². The SMILES string of the molecule is CC(C)(C)Oc1nc2ncnc(N)c2[nH]1. The molecule has 0 saturated heterocycles. The molecule has 0 spiro atoms. The lowest BCUT2D eigenvalue weighted by Crippen LogP contribution is -2.23. The Kier molecular flexibility index (Phi) is 1.99. The van der Waals surface area contributed by atoms with Crippen LogP contribution < -0.4 is 10.5 Å². The lowest BCUT2D eigenvalue weighted by Gasteiger charge is -2.18. The van der Waals surface area contributed by atoms with Crippen LogP contribution in [0.5, 0.6) is 6.01 Å². The molecule has 2 heterocycles. The minimum atomic E-state index is -0.309. The van der Waals surface area contributed by atoms with E-state index in [4.69, 9.17) is 10.5 Å². The molecular formula is C9H13N5O. The molecule has 0 aromatic carbocycles. The minimum Gasteiger partial charge on any atom is -0.459 e. The van der Waals surface area contributed by atoms with Crippen LogP contribution in [0, 0.1) is 0 Å². The Morgan fingerprint density at radius 2 is 2.07 bits per heavy atom. The lowest BCUT2D eigenvalue weighted by atomic mass is 10.2. The third kappa shape index (κ3) is 1.98. The third-order valence-corrected chi connectivity index (χ3v) is 1.70. The Hall–Kier alpha value is -1.85. The number of rotatable bonds is 1. The molecule has 0 fully saturated rings. The Labute approximate surface area is 86.9 Å². The van der Waals surface area contributed by atoms with E-state index in [1.165, 1.54) is 6.33 Å². The molecule has 2 aromatic heterocycles. The first-order chi connectivity index (χ1) is 6.96. The van der Waals surface area contributed by atoms with Crippen molar-refractivity contribution in [3.05, 3.63) is 6.33 Å². The second-order valence-corrected chi connectivity index (χ2v) is 4.21. The summed E-state index contributed by atoms with van der Waals surface area (Å²) in [6.07, 6.45) is 1.37. The van der Waals surface area contributed by atoms with E-state index in [-0.39, 0.29) is 5.60 Å². The Balaban J connectivity index is 2.44. The van der Waals surface area contributed by atoms with Gasteiger partial charge >= 0.3 is 0 Å². The van der Waals surface area contributed by atoms with Gasteiger partial charge in [-0.3, -0.25) is 0 Å². The van der Waals surface area contributed by atoms with Crippen LogP contribution in [0.1, 0.15) is 20.8 Å². The van der Waals surface area contributed by atoms with Crippen LogP contribution in [-0.2, 0) is 0 Å². The van der Waals surface area contributed by atoms with Crippen LogP contribution in [0.25, 0.3) is 11.2 Å². The van der Waals surface area contributed by atoms with E-state index >= 15 is 0 Å². The van der Waals surface area contributed by atoms with Crippen LogP contribution in [0.4, 0.5) is 5.82 Å². The summed E-state index contributed by atoms with van der Waals surface area (Å²) in [5, 5.41) is 0. The summed E-state index contributed by atoms with van der Waals surface area (Å²) in [6, 6.07) is 0.407. The number of aromatic nitrogens is 4. The highest BCUT2D eigenvalue weighted by molar-refractivity contribution is 5.81. The van der Waals surface area contributed by atoms with Crippen molar-refractivity contribution in [1.82, 2.24) is 19.9 Å². The number of nitrogen functional groups attached to an aromatic ring is 1. The molecule has 0 atom stereocenters. The maximum absolute atomic E-state index is 5.66. The number of hydrogen-bond acceptors (Lipinski definition) is 5. The van der Waals surface area contributed by atoms with Gasteiger partial charge in [-0.05, 0) is 20.8 Å². The summed E-state index contributed by atoms with van der Waals surface area (Å²) in [7, 11) is 0. The molecular weight excluding hydrogens is 194 g/mol. The van der Waals surface area contributed by atoms with Gasteiger partial charge in [0.05, 0.1) is 0 Å². The number of nitrogens with one attached hydrogen (secondary N) is 1. The van der Waals surface area contributed by atoms with Gasteiger partial charge in [0.2, 0.25) is 0 Å². The molecule has 0 aliphatic rings. The number of hydrogen-bond donors (Lipinski definition) is 2. The van der Waals surface area contributed by atoms with Gasteiger partial charge in [0.15, 0.2) is 11.5 Å². The van der Waals surface area contributed by atoms with Gasteiger partial charge in [-0.25, -0.2) is 9.97 Å². The van der Waals surface area contributed by atoms with E-state index in [1.54, 1.807) is 0 Å². The van der Waals surface area contributed by atoms with Crippen LogP contribution in [0.3, 0.4) is 0 Å². The van der Waals surface area contributed by atoms with Crippen molar-refractivity contribution in [3.63, 3.8) is 0 Å². The predicted molar refractivity (Wildman–Crippen MR) is 56.5 cm³/mol. The highest BCUT2D eigenvalue weighted by Crippen LogP contribution is 2.20. The number of imidazole rings is 1. The van der Waals surface area contributed by atoms with Crippen molar-refractivity contribution in [3.8, 4) is 6.01 Å². The zero-order valence-electron chi connectivity index (χ0n) is 8.90. The third-order valence-electron chi connectivity index (χ3n) is 1.70. The topological polar surface area (TPSA) is 89.7 Å². The maximum atomic E-state index is 5.66. The summed E-state index contributed by atoms with van der Waals surface area (Å²) in [5.74, 6) is 0.372. The zero-order valence-corrected chi connectivity index (χ0v) is 8.90. The van der Waals surface area contributed by atoms with Crippen LogP contribution >= 0.6 is 0 Å².